The minimum Gasteiger partial charge on any atom is -0.497 e. The first-order chi connectivity index (χ1) is 13.2. The summed E-state index contributed by atoms with van der Waals surface area (Å²) in [6.45, 7) is 0. The normalized spacial score (nSPS) is 14.4. The summed E-state index contributed by atoms with van der Waals surface area (Å²) in [5.74, 6) is 0.702. The summed E-state index contributed by atoms with van der Waals surface area (Å²) in [4.78, 5) is 12.5. The van der Waals surface area contributed by atoms with E-state index in [0.29, 0.717) is 23.5 Å². The van der Waals surface area contributed by atoms with Gasteiger partial charge in [0, 0.05) is 11.6 Å². The van der Waals surface area contributed by atoms with Crippen molar-refractivity contribution in [1.29, 1.82) is 5.26 Å². The third-order valence-electron chi connectivity index (χ3n) is 4.44. The van der Waals surface area contributed by atoms with Crippen molar-refractivity contribution in [3.63, 3.8) is 0 Å². The van der Waals surface area contributed by atoms with Crippen LogP contribution in [0.2, 0.25) is 0 Å². The molecule has 0 fully saturated rings. The van der Waals surface area contributed by atoms with Gasteiger partial charge >= 0.3 is 0 Å². The summed E-state index contributed by atoms with van der Waals surface area (Å²) in [5, 5.41) is 13.5. The van der Waals surface area contributed by atoms with Crippen LogP contribution >= 0.6 is 0 Å². The van der Waals surface area contributed by atoms with Crippen molar-refractivity contribution in [2.45, 2.75) is 12.8 Å². The number of amides is 1. The number of rotatable bonds is 5. The number of benzene rings is 2. The Bertz CT molecular complexity index is 971. The molecule has 0 bridgehead atoms. The number of nitrogens with one attached hydrogen (secondary N) is 1. The van der Waals surface area contributed by atoms with Crippen LogP contribution in [0, 0.1) is 11.3 Å². The Morgan fingerprint density at radius 2 is 2.00 bits per heavy atom. The van der Waals surface area contributed by atoms with Gasteiger partial charge in [-0.05, 0) is 41.7 Å². The molecule has 27 heavy (non-hydrogen) atoms. The summed E-state index contributed by atoms with van der Waals surface area (Å²) in [6, 6.07) is 15.1. The maximum atomic E-state index is 12.5. The minimum atomic E-state index is -0.520. The second-order valence-electron chi connectivity index (χ2n) is 5.93. The first-order valence-electron chi connectivity index (χ1n) is 8.45. The zero-order chi connectivity index (χ0) is 19.2. The molecule has 0 saturated carbocycles. The van der Waals surface area contributed by atoms with E-state index in [1.807, 2.05) is 30.3 Å². The van der Waals surface area contributed by atoms with Crippen LogP contribution in [0.15, 0.2) is 53.1 Å². The predicted octanol–water partition coefficient (Wildman–Crippen LogP) is 3.08. The molecule has 1 amide bonds. The van der Waals surface area contributed by atoms with Gasteiger partial charge in [-0.25, -0.2) is 5.43 Å². The highest BCUT2D eigenvalue weighted by molar-refractivity contribution is 6.06. The van der Waals surface area contributed by atoms with Gasteiger partial charge in [-0.3, -0.25) is 4.79 Å². The fraction of sp³-hybridized carbons (Fsp3) is 0.190. The number of hydrazone groups is 1. The van der Waals surface area contributed by atoms with Gasteiger partial charge < -0.3 is 9.47 Å². The second-order valence-corrected chi connectivity index (χ2v) is 5.93. The molecule has 2 aromatic rings. The van der Waals surface area contributed by atoms with Gasteiger partial charge in [0.15, 0.2) is 0 Å². The molecule has 1 N–H and O–H groups in total. The van der Waals surface area contributed by atoms with Gasteiger partial charge in [-0.2, -0.15) is 10.4 Å². The number of nitrogens with zero attached hydrogens (tertiary/aromatic N) is 2. The highest BCUT2D eigenvalue weighted by Crippen LogP contribution is 2.34. The Hall–Kier alpha value is -3.59. The average Bonchev–Trinajstić information content (AvgIpc) is 3.13. The number of aryl methyl sites for hydroxylation is 1. The van der Waals surface area contributed by atoms with Crippen LogP contribution in [0.3, 0.4) is 0 Å². The number of ether oxygens (including phenoxy) is 2. The van der Waals surface area contributed by atoms with Gasteiger partial charge in [-0.1, -0.05) is 24.3 Å². The average molecular weight is 361 g/mol. The third-order valence-corrected chi connectivity index (χ3v) is 4.44. The Labute approximate surface area is 157 Å². The van der Waals surface area contributed by atoms with Gasteiger partial charge in [-0.15, -0.1) is 0 Å². The molecule has 0 aromatic heterocycles. The van der Waals surface area contributed by atoms with E-state index >= 15 is 0 Å². The fourth-order valence-corrected chi connectivity index (χ4v) is 3.08. The van der Waals surface area contributed by atoms with E-state index in [4.69, 9.17) is 9.47 Å². The van der Waals surface area contributed by atoms with Crippen molar-refractivity contribution in [3.05, 3.63) is 64.7 Å². The van der Waals surface area contributed by atoms with E-state index in [9.17, 15) is 10.1 Å². The molecule has 0 atom stereocenters. The molecule has 1 aliphatic rings. The quantitative estimate of drug-likeness (QED) is 0.384. The fourth-order valence-electron chi connectivity index (χ4n) is 3.08. The molecule has 0 heterocycles. The minimum absolute atomic E-state index is 0.0961. The van der Waals surface area contributed by atoms with E-state index in [1.54, 1.807) is 32.4 Å². The number of allylic oxidation sites excluding steroid dienone is 1. The number of methoxy groups -OCH3 is 2. The lowest BCUT2D eigenvalue weighted by Gasteiger charge is -2.07. The van der Waals surface area contributed by atoms with Crippen LogP contribution in [0.5, 0.6) is 11.5 Å². The van der Waals surface area contributed by atoms with Crippen LogP contribution in [0.1, 0.15) is 23.1 Å². The van der Waals surface area contributed by atoms with E-state index in [0.717, 1.165) is 23.1 Å². The molecule has 0 saturated heterocycles. The largest absolute Gasteiger partial charge is 0.497 e. The van der Waals surface area contributed by atoms with Crippen LogP contribution in [-0.4, -0.2) is 26.3 Å². The first kappa shape index (κ1) is 18.2. The lowest BCUT2D eigenvalue weighted by atomic mass is 10.0. The maximum Gasteiger partial charge on any atom is 0.282 e. The molecule has 0 spiro atoms. The Balaban J connectivity index is 1.79. The lowest BCUT2D eigenvalue weighted by molar-refractivity contribution is -0.117. The maximum absolute atomic E-state index is 12.5. The van der Waals surface area contributed by atoms with Crippen molar-refractivity contribution in [3.8, 4) is 17.6 Å². The number of carbonyl (C=O) groups excluding carboxylic acids is 1. The summed E-state index contributed by atoms with van der Waals surface area (Å²) in [5.41, 5.74) is 6.09. The predicted molar refractivity (Wildman–Crippen MR) is 103 cm³/mol. The molecule has 0 radical (unpaired) electrons. The first-order valence-corrected chi connectivity index (χ1v) is 8.45. The van der Waals surface area contributed by atoms with Crippen LogP contribution in [-0.2, 0) is 11.2 Å². The van der Waals surface area contributed by atoms with Crippen LogP contribution in [0.25, 0.3) is 5.57 Å². The highest BCUT2D eigenvalue weighted by Gasteiger charge is 2.23. The number of fused-ring (bicyclic) bond motifs is 1. The molecule has 6 heteroatoms. The molecule has 136 valence electrons. The Kier molecular flexibility index (Phi) is 5.53. The smallest absolute Gasteiger partial charge is 0.282 e. The highest BCUT2D eigenvalue weighted by atomic mass is 16.5. The number of hydrogen-bond donors (Lipinski definition) is 1. The van der Waals surface area contributed by atoms with Crippen molar-refractivity contribution in [2.24, 2.45) is 5.10 Å². The SMILES string of the molecule is COc1ccc(C=NNC(=O)C(C#N)=C2CCc3ccccc32)c(OC)c1. The zero-order valence-electron chi connectivity index (χ0n) is 15.2. The van der Waals surface area contributed by atoms with Gasteiger partial charge in [0.25, 0.3) is 5.91 Å². The van der Waals surface area contributed by atoms with E-state index in [1.165, 1.54) is 6.21 Å². The molecule has 2 aromatic carbocycles. The zero-order valence-corrected chi connectivity index (χ0v) is 15.2. The second kappa shape index (κ2) is 8.19. The molecule has 3 rings (SSSR count). The molecule has 0 unspecified atom stereocenters. The molecule has 6 nitrogen and oxygen atoms in total. The summed E-state index contributed by atoms with van der Waals surface area (Å²) in [7, 11) is 3.11. The van der Waals surface area contributed by atoms with Gasteiger partial charge in [0.05, 0.1) is 20.4 Å². The van der Waals surface area contributed by atoms with Crippen molar-refractivity contribution < 1.29 is 14.3 Å². The topological polar surface area (TPSA) is 83.7 Å². The monoisotopic (exact) mass is 361 g/mol. The Morgan fingerprint density at radius 3 is 2.74 bits per heavy atom. The van der Waals surface area contributed by atoms with Crippen molar-refractivity contribution >= 4 is 17.7 Å². The van der Waals surface area contributed by atoms with E-state index < -0.39 is 5.91 Å². The molecule has 0 aliphatic heterocycles. The number of hydrogen-bond acceptors (Lipinski definition) is 5. The number of nitriles is 1. The molecule has 1 aliphatic carbocycles. The standard InChI is InChI=1S/C21H19N3O3/c1-26-16-9-7-15(20(11-16)27-2)13-23-24-21(25)19(12-22)18-10-8-14-5-3-4-6-17(14)18/h3-7,9,11,13H,8,10H2,1-2H3,(H,24,25). The van der Waals surface area contributed by atoms with Gasteiger partial charge in [0.2, 0.25) is 0 Å². The van der Waals surface area contributed by atoms with Crippen LogP contribution in [0.4, 0.5) is 0 Å². The van der Waals surface area contributed by atoms with Crippen LogP contribution < -0.4 is 14.9 Å². The third kappa shape index (κ3) is 3.82. The lowest BCUT2D eigenvalue weighted by Crippen LogP contribution is -2.20. The summed E-state index contributed by atoms with van der Waals surface area (Å²) >= 11 is 0. The van der Waals surface area contributed by atoms with E-state index in [2.05, 4.69) is 10.5 Å². The van der Waals surface area contributed by atoms with Crippen molar-refractivity contribution in [1.82, 2.24) is 5.43 Å². The summed E-state index contributed by atoms with van der Waals surface area (Å²) < 4.78 is 10.4. The van der Waals surface area contributed by atoms with E-state index in [-0.39, 0.29) is 5.57 Å². The van der Waals surface area contributed by atoms with Gasteiger partial charge in [0.1, 0.15) is 23.1 Å². The molecular formula is C21H19N3O3. The van der Waals surface area contributed by atoms with Crippen molar-refractivity contribution in [2.75, 3.05) is 14.2 Å². The molecular weight excluding hydrogens is 342 g/mol. The summed E-state index contributed by atoms with van der Waals surface area (Å²) in [6.07, 6.45) is 2.97. The number of carbonyl (C=O) groups is 1. The Morgan fingerprint density at radius 1 is 1.19 bits per heavy atom.